The quantitative estimate of drug-likeness (QED) is 0.882. The van der Waals surface area contributed by atoms with Gasteiger partial charge in [0.1, 0.15) is 0 Å². The summed E-state index contributed by atoms with van der Waals surface area (Å²) in [4.78, 5) is 0. The minimum Gasteiger partial charge on any atom is -0.356 e. The summed E-state index contributed by atoms with van der Waals surface area (Å²) in [5.74, 6) is 0.839. The second kappa shape index (κ2) is 5.35. The van der Waals surface area contributed by atoms with E-state index < -0.39 is 0 Å². The Hall–Kier alpha value is -1.62. The molecule has 2 heterocycles. The highest BCUT2D eigenvalue weighted by molar-refractivity contribution is 5.66. The summed E-state index contributed by atoms with van der Waals surface area (Å²) in [5, 5.41) is 11.7. The monoisotopic (exact) mass is 248 g/mol. The highest BCUT2D eigenvalue weighted by atomic mass is 16.5. The van der Waals surface area contributed by atoms with Gasteiger partial charge in [0.2, 0.25) is 0 Å². The molecular weight excluding hydrogens is 228 g/mol. The average Bonchev–Trinajstić information content (AvgIpc) is 2.91. The fourth-order valence-corrected chi connectivity index (χ4v) is 2.19. The van der Waals surface area contributed by atoms with Crippen LogP contribution in [-0.2, 0) is 13.1 Å². The van der Waals surface area contributed by atoms with Crippen molar-refractivity contribution in [3.63, 3.8) is 0 Å². The molecule has 0 bridgehead atoms. The van der Waals surface area contributed by atoms with Gasteiger partial charge < -0.3 is 9.84 Å². The van der Waals surface area contributed by atoms with Crippen molar-refractivity contribution >= 4 is 0 Å². The number of aryl methyl sites for hydroxylation is 2. The van der Waals surface area contributed by atoms with E-state index in [-0.39, 0.29) is 0 Å². The van der Waals surface area contributed by atoms with Crippen LogP contribution >= 0.6 is 0 Å². The van der Waals surface area contributed by atoms with Crippen LogP contribution in [0.3, 0.4) is 0 Å². The molecule has 0 saturated heterocycles. The molecule has 0 radical (unpaired) electrons. The fourth-order valence-electron chi connectivity index (χ4n) is 2.19. The molecule has 0 aliphatic heterocycles. The van der Waals surface area contributed by atoms with E-state index in [1.807, 2.05) is 11.6 Å². The zero-order valence-corrected chi connectivity index (χ0v) is 11.4. The maximum absolute atomic E-state index is 5.42. The van der Waals surface area contributed by atoms with E-state index >= 15 is 0 Å². The Bertz CT molecular complexity index is 527. The van der Waals surface area contributed by atoms with Gasteiger partial charge in [0.05, 0.1) is 17.5 Å². The van der Waals surface area contributed by atoms with E-state index in [1.54, 1.807) is 6.20 Å². The topological polar surface area (TPSA) is 55.9 Å². The number of nitrogens with zero attached hydrogens (tertiary/aromatic N) is 3. The molecule has 0 amide bonds. The molecule has 98 valence electrons. The van der Waals surface area contributed by atoms with Crippen molar-refractivity contribution < 1.29 is 4.52 Å². The number of aromatic nitrogens is 3. The van der Waals surface area contributed by atoms with Crippen molar-refractivity contribution in [3.05, 3.63) is 23.1 Å². The number of hydrogen-bond acceptors (Lipinski definition) is 4. The van der Waals surface area contributed by atoms with E-state index in [4.69, 9.17) is 4.52 Å². The Labute approximate surface area is 107 Å². The number of hydrogen-bond donors (Lipinski definition) is 1. The van der Waals surface area contributed by atoms with Gasteiger partial charge in [-0.1, -0.05) is 12.1 Å². The Morgan fingerprint density at radius 1 is 1.33 bits per heavy atom. The van der Waals surface area contributed by atoms with Gasteiger partial charge in [-0.3, -0.25) is 4.68 Å². The lowest BCUT2D eigenvalue weighted by Crippen LogP contribution is -2.11. The molecule has 2 aromatic heterocycles. The summed E-state index contributed by atoms with van der Waals surface area (Å²) < 4.78 is 7.41. The third-order valence-corrected chi connectivity index (χ3v) is 3.12. The first-order valence-electron chi connectivity index (χ1n) is 6.37. The summed E-state index contributed by atoms with van der Waals surface area (Å²) in [6, 6.07) is 0. The Morgan fingerprint density at radius 3 is 2.72 bits per heavy atom. The Kier molecular flexibility index (Phi) is 3.81. The molecule has 0 aromatic carbocycles. The van der Waals surface area contributed by atoms with Gasteiger partial charge in [-0.05, 0) is 27.3 Å². The van der Waals surface area contributed by atoms with Crippen molar-refractivity contribution in [2.45, 2.75) is 40.8 Å². The zero-order valence-electron chi connectivity index (χ0n) is 11.4. The van der Waals surface area contributed by atoms with Crippen LogP contribution in [0.2, 0.25) is 0 Å². The smallest absolute Gasteiger partial charge is 0.175 e. The summed E-state index contributed by atoms with van der Waals surface area (Å²) in [7, 11) is 0. The van der Waals surface area contributed by atoms with E-state index in [1.165, 1.54) is 0 Å². The zero-order chi connectivity index (χ0) is 13.1. The molecule has 0 fully saturated rings. The van der Waals surface area contributed by atoms with Crippen LogP contribution in [0.25, 0.3) is 11.3 Å². The molecule has 0 saturated carbocycles. The maximum Gasteiger partial charge on any atom is 0.175 e. The molecule has 2 rings (SSSR count). The minimum atomic E-state index is 0.769. The van der Waals surface area contributed by atoms with Gasteiger partial charge in [0.15, 0.2) is 5.76 Å². The molecule has 0 atom stereocenters. The van der Waals surface area contributed by atoms with Gasteiger partial charge in [0, 0.05) is 24.3 Å². The minimum absolute atomic E-state index is 0.769. The Balaban J connectivity index is 2.42. The predicted octanol–water partition coefficient (Wildman–Crippen LogP) is 2.28. The first kappa shape index (κ1) is 12.8. The van der Waals surface area contributed by atoms with Crippen molar-refractivity contribution in [2.24, 2.45) is 0 Å². The first-order chi connectivity index (χ1) is 8.69. The number of rotatable bonds is 5. The first-order valence-corrected chi connectivity index (χ1v) is 6.37. The third kappa shape index (κ3) is 2.18. The van der Waals surface area contributed by atoms with Crippen LogP contribution in [-0.4, -0.2) is 21.5 Å². The van der Waals surface area contributed by atoms with Crippen molar-refractivity contribution in [1.29, 1.82) is 0 Å². The van der Waals surface area contributed by atoms with Gasteiger partial charge >= 0.3 is 0 Å². The van der Waals surface area contributed by atoms with E-state index in [0.29, 0.717) is 0 Å². The third-order valence-electron chi connectivity index (χ3n) is 3.12. The van der Waals surface area contributed by atoms with Crippen molar-refractivity contribution in [1.82, 2.24) is 20.3 Å². The summed E-state index contributed by atoms with van der Waals surface area (Å²) >= 11 is 0. The van der Waals surface area contributed by atoms with Gasteiger partial charge in [0.25, 0.3) is 0 Å². The molecule has 0 spiro atoms. The summed E-state index contributed by atoms with van der Waals surface area (Å²) in [6.45, 7) is 10.8. The molecular formula is C13H20N4O. The SMILES string of the molecule is CCNCc1cnoc1-c1c(C)nn(CC)c1C. The molecule has 0 aliphatic carbocycles. The molecule has 0 unspecified atom stereocenters. The molecule has 2 aromatic rings. The Morgan fingerprint density at radius 2 is 2.11 bits per heavy atom. The summed E-state index contributed by atoms with van der Waals surface area (Å²) in [5.41, 5.74) is 4.27. The van der Waals surface area contributed by atoms with E-state index in [9.17, 15) is 0 Å². The molecule has 1 N–H and O–H groups in total. The van der Waals surface area contributed by atoms with Crippen molar-refractivity contribution in [3.8, 4) is 11.3 Å². The van der Waals surface area contributed by atoms with E-state index in [2.05, 4.69) is 36.3 Å². The number of nitrogens with one attached hydrogen (secondary N) is 1. The van der Waals surface area contributed by atoms with Crippen LogP contribution in [0, 0.1) is 13.8 Å². The molecule has 5 heteroatoms. The highest BCUT2D eigenvalue weighted by Crippen LogP contribution is 2.29. The standard InChI is InChI=1S/C13H20N4O/c1-5-14-7-11-8-15-18-13(11)12-9(3)16-17(6-2)10(12)4/h8,14H,5-7H2,1-4H3. The van der Waals surface area contributed by atoms with Crippen LogP contribution in [0.5, 0.6) is 0 Å². The van der Waals surface area contributed by atoms with Gasteiger partial charge in [-0.15, -0.1) is 0 Å². The molecule has 5 nitrogen and oxygen atoms in total. The van der Waals surface area contributed by atoms with Crippen LogP contribution < -0.4 is 5.32 Å². The average molecular weight is 248 g/mol. The predicted molar refractivity (Wildman–Crippen MR) is 70.3 cm³/mol. The van der Waals surface area contributed by atoms with Crippen LogP contribution in [0.1, 0.15) is 30.8 Å². The van der Waals surface area contributed by atoms with Crippen LogP contribution in [0.15, 0.2) is 10.7 Å². The second-order valence-corrected chi connectivity index (χ2v) is 4.32. The molecule has 0 aliphatic rings. The van der Waals surface area contributed by atoms with Gasteiger partial charge in [-0.2, -0.15) is 5.10 Å². The molecule has 18 heavy (non-hydrogen) atoms. The largest absolute Gasteiger partial charge is 0.356 e. The van der Waals surface area contributed by atoms with E-state index in [0.717, 1.165) is 47.9 Å². The second-order valence-electron chi connectivity index (χ2n) is 4.32. The maximum atomic E-state index is 5.42. The van der Waals surface area contributed by atoms with Gasteiger partial charge in [-0.25, -0.2) is 0 Å². The fraction of sp³-hybridized carbons (Fsp3) is 0.538. The normalized spacial score (nSPS) is 11.1. The lowest BCUT2D eigenvalue weighted by atomic mass is 10.1. The van der Waals surface area contributed by atoms with Crippen molar-refractivity contribution in [2.75, 3.05) is 6.54 Å². The van der Waals surface area contributed by atoms with Crippen LogP contribution in [0.4, 0.5) is 0 Å². The lowest BCUT2D eigenvalue weighted by molar-refractivity contribution is 0.431. The summed E-state index contributed by atoms with van der Waals surface area (Å²) in [6.07, 6.45) is 1.78. The highest BCUT2D eigenvalue weighted by Gasteiger charge is 2.19. The lowest BCUT2D eigenvalue weighted by Gasteiger charge is -2.03.